The minimum atomic E-state index is -2.39. The number of alkyl halides is 2. The van der Waals surface area contributed by atoms with E-state index in [0.717, 1.165) is 13.1 Å². The zero-order chi connectivity index (χ0) is 7.19. The number of nitrogens with zero attached hydrogens (tertiary/aromatic N) is 1. The van der Waals surface area contributed by atoms with Crippen molar-refractivity contribution in [1.82, 2.24) is 10.2 Å². The summed E-state index contributed by atoms with van der Waals surface area (Å²) in [7, 11) is 0. The summed E-state index contributed by atoms with van der Waals surface area (Å²) in [5.74, 6) is -2.39. The molecule has 2 nitrogen and oxygen atoms in total. The smallest absolute Gasteiger partial charge is 0.272 e. The third-order valence-electron chi connectivity index (χ3n) is 2.15. The highest BCUT2D eigenvalue weighted by atomic mass is 35.5. The van der Waals surface area contributed by atoms with Gasteiger partial charge in [-0.3, -0.25) is 4.90 Å². The molecule has 0 unspecified atom stereocenters. The van der Waals surface area contributed by atoms with E-state index in [1.54, 1.807) is 0 Å². The van der Waals surface area contributed by atoms with Crippen molar-refractivity contribution in [2.24, 2.45) is 0 Å². The zero-order valence-corrected chi connectivity index (χ0v) is 8.06. The van der Waals surface area contributed by atoms with E-state index in [1.807, 2.05) is 4.90 Å². The lowest BCUT2D eigenvalue weighted by atomic mass is 10.0. The van der Waals surface area contributed by atoms with Crippen LogP contribution < -0.4 is 5.32 Å². The molecule has 0 spiro atoms. The first-order valence-electron chi connectivity index (χ1n) is 3.50. The molecule has 0 aromatic heterocycles. The van der Waals surface area contributed by atoms with Crippen LogP contribution in [0, 0.1) is 0 Å². The van der Waals surface area contributed by atoms with Crippen LogP contribution in [0.2, 0.25) is 0 Å². The summed E-state index contributed by atoms with van der Waals surface area (Å²) < 4.78 is 24.5. The summed E-state index contributed by atoms with van der Waals surface area (Å²) in [5.41, 5.74) is 0. The molecule has 0 amide bonds. The van der Waals surface area contributed by atoms with E-state index in [9.17, 15) is 8.78 Å². The maximum atomic E-state index is 12.2. The average molecular weight is 221 g/mol. The van der Waals surface area contributed by atoms with E-state index in [1.165, 1.54) is 0 Å². The van der Waals surface area contributed by atoms with Crippen molar-refractivity contribution in [3.63, 3.8) is 0 Å². The predicted molar refractivity (Wildman–Crippen MR) is 47.7 cm³/mol. The fraction of sp³-hybridized carbons (Fsp3) is 1.00. The van der Waals surface area contributed by atoms with Gasteiger partial charge in [-0.25, -0.2) is 8.78 Å². The maximum Gasteiger partial charge on any atom is 0.272 e. The Hall–Kier alpha value is 0.360. The number of halogens is 4. The van der Waals surface area contributed by atoms with Crippen molar-refractivity contribution in [1.29, 1.82) is 0 Å². The van der Waals surface area contributed by atoms with Crippen LogP contribution in [0.25, 0.3) is 0 Å². The summed E-state index contributed by atoms with van der Waals surface area (Å²) >= 11 is 0. The van der Waals surface area contributed by atoms with Crippen molar-refractivity contribution in [3.8, 4) is 0 Å². The Balaban J connectivity index is 0.000000605. The van der Waals surface area contributed by atoms with Gasteiger partial charge in [0.1, 0.15) is 0 Å². The van der Waals surface area contributed by atoms with Gasteiger partial charge < -0.3 is 5.32 Å². The third-order valence-corrected chi connectivity index (χ3v) is 2.15. The molecule has 0 aromatic carbocycles. The summed E-state index contributed by atoms with van der Waals surface area (Å²) in [5, 5.41) is 3.05. The zero-order valence-electron chi connectivity index (χ0n) is 6.43. The highest BCUT2D eigenvalue weighted by Gasteiger charge is 2.47. The van der Waals surface area contributed by atoms with E-state index in [-0.39, 0.29) is 37.9 Å². The molecule has 2 fully saturated rings. The molecule has 6 heteroatoms. The van der Waals surface area contributed by atoms with Crippen molar-refractivity contribution < 1.29 is 8.78 Å². The number of rotatable bonds is 1. The van der Waals surface area contributed by atoms with Crippen LogP contribution in [0.15, 0.2) is 0 Å². The van der Waals surface area contributed by atoms with Gasteiger partial charge in [-0.15, -0.1) is 24.8 Å². The second-order valence-corrected chi connectivity index (χ2v) is 3.07. The van der Waals surface area contributed by atoms with Crippen LogP contribution in [0.4, 0.5) is 8.78 Å². The van der Waals surface area contributed by atoms with Crippen LogP contribution >= 0.6 is 24.8 Å². The molecule has 12 heavy (non-hydrogen) atoms. The van der Waals surface area contributed by atoms with Crippen LogP contribution in [0.5, 0.6) is 0 Å². The molecule has 2 aliphatic heterocycles. The summed E-state index contributed by atoms with van der Waals surface area (Å²) in [6.45, 7) is 1.71. The Morgan fingerprint density at radius 2 is 1.67 bits per heavy atom. The maximum absolute atomic E-state index is 12.2. The van der Waals surface area contributed by atoms with Crippen LogP contribution in [0.3, 0.4) is 0 Å². The molecule has 2 aliphatic rings. The fourth-order valence-electron chi connectivity index (χ4n) is 1.34. The Morgan fingerprint density at radius 3 is 1.92 bits per heavy atom. The molecule has 0 radical (unpaired) electrons. The van der Waals surface area contributed by atoms with Crippen molar-refractivity contribution in [2.75, 3.05) is 26.2 Å². The highest BCUT2D eigenvalue weighted by Crippen LogP contribution is 2.29. The van der Waals surface area contributed by atoms with Gasteiger partial charge in [-0.1, -0.05) is 0 Å². The van der Waals surface area contributed by atoms with E-state index in [0.29, 0.717) is 6.04 Å². The lowest BCUT2D eigenvalue weighted by molar-refractivity contribution is -0.151. The molecule has 2 rings (SSSR count). The van der Waals surface area contributed by atoms with Gasteiger partial charge in [0.25, 0.3) is 5.92 Å². The molecule has 0 saturated carbocycles. The van der Waals surface area contributed by atoms with Crippen LogP contribution in [0.1, 0.15) is 0 Å². The van der Waals surface area contributed by atoms with E-state index in [4.69, 9.17) is 0 Å². The van der Waals surface area contributed by atoms with Gasteiger partial charge in [-0.05, 0) is 0 Å². The lowest BCUT2D eigenvalue weighted by Gasteiger charge is -2.47. The predicted octanol–water partition coefficient (Wildman–Crippen LogP) is 0.753. The number of likely N-dealkylation sites (tertiary alicyclic amines) is 1. The second-order valence-electron chi connectivity index (χ2n) is 3.07. The van der Waals surface area contributed by atoms with E-state index >= 15 is 0 Å². The van der Waals surface area contributed by atoms with E-state index < -0.39 is 5.92 Å². The monoisotopic (exact) mass is 220 g/mol. The fourth-order valence-corrected chi connectivity index (χ4v) is 1.34. The Morgan fingerprint density at radius 1 is 1.17 bits per heavy atom. The van der Waals surface area contributed by atoms with Gasteiger partial charge in [0.15, 0.2) is 0 Å². The molecule has 0 aliphatic carbocycles. The average Bonchev–Trinajstić information content (AvgIpc) is 1.54. The first-order valence-corrected chi connectivity index (χ1v) is 3.50. The molecule has 2 saturated heterocycles. The minimum Gasteiger partial charge on any atom is -0.314 e. The van der Waals surface area contributed by atoms with Crippen LogP contribution in [-0.2, 0) is 0 Å². The molecule has 2 heterocycles. The first kappa shape index (κ1) is 12.4. The summed E-state index contributed by atoms with van der Waals surface area (Å²) in [4.78, 5) is 1.83. The Bertz CT molecular complexity index is 144. The number of nitrogens with one attached hydrogen (secondary N) is 1. The van der Waals surface area contributed by atoms with Gasteiger partial charge in [0.05, 0.1) is 13.1 Å². The van der Waals surface area contributed by atoms with Gasteiger partial charge in [0, 0.05) is 19.1 Å². The molecule has 0 atom stereocenters. The van der Waals surface area contributed by atoms with Crippen molar-refractivity contribution in [3.05, 3.63) is 0 Å². The standard InChI is InChI=1S/C6H10F2N2.2ClH/c7-6(8)3-10(4-6)5-1-9-2-5;;/h5,9H,1-4H2;2*1H. The van der Waals surface area contributed by atoms with Crippen molar-refractivity contribution in [2.45, 2.75) is 12.0 Å². The molecule has 0 aromatic rings. The molecular weight excluding hydrogens is 209 g/mol. The Labute approximate surface area is 82.5 Å². The van der Waals surface area contributed by atoms with E-state index in [2.05, 4.69) is 5.32 Å². The molecule has 1 N–H and O–H groups in total. The van der Waals surface area contributed by atoms with Gasteiger partial charge in [0.2, 0.25) is 0 Å². The summed E-state index contributed by atoms with van der Waals surface area (Å²) in [6, 6.07) is 0.389. The first-order chi connectivity index (χ1) is 4.67. The largest absolute Gasteiger partial charge is 0.314 e. The topological polar surface area (TPSA) is 15.3 Å². The minimum absolute atomic E-state index is 0. The lowest BCUT2D eigenvalue weighted by Crippen LogP contribution is -2.68. The number of hydrogen-bond donors (Lipinski definition) is 1. The normalized spacial score (nSPS) is 27.5. The van der Waals surface area contributed by atoms with Crippen LogP contribution in [-0.4, -0.2) is 43.0 Å². The van der Waals surface area contributed by atoms with Gasteiger partial charge >= 0.3 is 0 Å². The molecule has 74 valence electrons. The van der Waals surface area contributed by atoms with Gasteiger partial charge in [-0.2, -0.15) is 0 Å². The third kappa shape index (κ3) is 2.19. The summed E-state index contributed by atoms with van der Waals surface area (Å²) in [6.07, 6.45) is 0. The molecular formula is C6H12Cl2F2N2. The second kappa shape index (κ2) is 4.05. The quantitative estimate of drug-likeness (QED) is 0.702. The number of hydrogen-bond acceptors (Lipinski definition) is 2. The highest BCUT2D eigenvalue weighted by molar-refractivity contribution is 5.85. The molecule has 0 bridgehead atoms. The Kier molecular flexibility index (Phi) is 4.17. The van der Waals surface area contributed by atoms with Crippen molar-refractivity contribution >= 4 is 24.8 Å². The SMILES string of the molecule is Cl.Cl.FC1(F)CN(C2CNC2)C1.